The molecule has 2 aromatic carbocycles. The van der Waals surface area contributed by atoms with Crippen molar-refractivity contribution in [2.45, 2.75) is 39.0 Å². The number of nitrogens with one attached hydrogen (secondary N) is 2. The summed E-state index contributed by atoms with van der Waals surface area (Å²) >= 11 is 0. The van der Waals surface area contributed by atoms with E-state index in [0.29, 0.717) is 19.7 Å². The van der Waals surface area contributed by atoms with Crippen LogP contribution in [-0.4, -0.2) is 41.9 Å². The van der Waals surface area contributed by atoms with Crippen molar-refractivity contribution in [3.05, 3.63) is 77.9 Å². The molecule has 0 spiro atoms. The molecule has 1 aromatic heterocycles. The van der Waals surface area contributed by atoms with E-state index in [-0.39, 0.29) is 6.10 Å². The number of aliphatic imine (C=N–C) groups is 1. The van der Waals surface area contributed by atoms with Gasteiger partial charge in [0.2, 0.25) is 0 Å². The van der Waals surface area contributed by atoms with Crippen LogP contribution in [0.2, 0.25) is 0 Å². The number of rotatable bonds is 8. The summed E-state index contributed by atoms with van der Waals surface area (Å²) < 4.78 is 13.8. The Hall–Kier alpha value is -3.32. The number of para-hydroxylation sites is 1. The normalized spacial score (nSPS) is 16.2. The van der Waals surface area contributed by atoms with Gasteiger partial charge in [0, 0.05) is 44.7 Å². The number of ether oxygens (including phenoxy) is 2. The average Bonchev–Trinajstić information content (AvgIpc) is 3.53. The molecule has 7 nitrogen and oxygen atoms in total. The number of nitrogens with zero attached hydrogens (tertiary/aromatic N) is 3. The number of aryl methyl sites for hydroxylation is 1. The molecule has 0 saturated carbocycles. The molecular weight excluding hydrogens is 402 g/mol. The first-order chi connectivity index (χ1) is 15.7. The smallest absolute Gasteiger partial charge is 0.191 e. The average molecular weight is 434 g/mol. The van der Waals surface area contributed by atoms with Gasteiger partial charge in [-0.1, -0.05) is 30.3 Å². The van der Waals surface area contributed by atoms with Crippen molar-refractivity contribution in [2.24, 2.45) is 4.99 Å². The second-order valence-corrected chi connectivity index (χ2v) is 7.94. The lowest BCUT2D eigenvalue weighted by Crippen LogP contribution is -2.36. The molecule has 0 aliphatic carbocycles. The molecule has 1 aliphatic heterocycles. The highest BCUT2D eigenvalue weighted by Crippen LogP contribution is 2.22. The van der Waals surface area contributed by atoms with Gasteiger partial charge in [-0.05, 0) is 43.0 Å². The summed E-state index contributed by atoms with van der Waals surface area (Å²) in [6.45, 7) is 4.76. The third-order valence-electron chi connectivity index (χ3n) is 5.56. The van der Waals surface area contributed by atoms with Gasteiger partial charge in [0.1, 0.15) is 12.4 Å². The van der Waals surface area contributed by atoms with Crippen LogP contribution in [0.4, 0.5) is 0 Å². The highest BCUT2D eigenvalue weighted by Gasteiger charge is 2.17. The zero-order valence-electron chi connectivity index (χ0n) is 18.8. The summed E-state index contributed by atoms with van der Waals surface area (Å²) in [5.41, 5.74) is 4.52. The van der Waals surface area contributed by atoms with Crippen molar-refractivity contribution in [1.82, 2.24) is 20.2 Å². The van der Waals surface area contributed by atoms with Gasteiger partial charge < -0.3 is 24.7 Å². The fourth-order valence-electron chi connectivity index (χ4n) is 3.79. The second kappa shape index (κ2) is 10.8. The van der Waals surface area contributed by atoms with Crippen molar-refractivity contribution in [3.63, 3.8) is 0 Å². The van der Waals surface area contributed by atoms with Gasteiger partial charge in [-0.3, -0.25) is 4.99 Å². The summed E-state index contributed by atoms with van der Waals surface area (Å²) in [5, 5.41) is 6.82. The fraction of sp³-hybridized carbons (Fsp3) is 0.360. The van der Waals surface area contributed by atoms with Crippen LogP contribution in [0.25, 0.3) is 5.69 Å². The van der Waals surface area contributed by atoms with Crippen LogP contribution >= 0.6 is 0 Å². The van der Waals surface area contributed by atoms with E-state index >= 15 is 0 Å². The van der Waals surface area contributed by atoms with Crippen molar-refractivity contribution < 1.29 is 9.47 Å². The maximum Gasteiger partial charge on any atom is 0.191 e. The van der Waals surface area contributed by atoms with E-state index in [2.05, 4.69) is 57.9 Å². The Bertz CT molecular complexity index is 1030. The number of benzene rings is 2. The minimum absolute atomic E-state index is 0.196. The summed E-state index contributed by atoms with van der Waals surface area (Å²) in [5.74, 6) is 1.63. The Kier molecular flexibility index (Phi) is 7.40. The van der Waals surface area contributed by atoms with Crippen molar-refractivity contribution in [2.75, 3.05) is 20.3 Å². The van der Waals surface area contributed by atoms with Gasteiger partial charge in [0.15, 0.2) is 5.96 Å². The molecule has 1 fully saturated rings. The lowest BCUT2D eigenvalue weighted by Gasteiger charge is -2.17. The predicted molar refractivity (Wildman–Crippen MR) is 126 cm³/mol. The first kappa shape index (κ1) is 21.9. The maximum absolute atomic E-state index is 6.12. The summed E-state index contributed by atoms with van der Waals surface area (Å²) in [6.07, 6.45) is 7.91. The lowest BCUT2D eigenvalue weighted by molar-refractivity contribution is 0.0676. The molecule has 0 radical (unpaired) electrons. The third kappa shape index (κ3) is 5.68. The molecule has 2 heterocycles. The molecule has 1 unspecified atom stereocenters. The zero-order chi connectivity index (χ0) is 22.2. The van der Waals surface area contributed by atoms with Gasteiger partial charge in [0.25, 0.3) is 0 Å². The van der Waals surface area contributed by atoms with Gasteiger partial charge in [-0.25, -0.2) is 4.98 Å². The highest BCUT2D eigenvalue weighted by atomic mass is 16.5. The molecule has 0 amide bonds. The van der Waals surface area contributed by atoms with E-state index in [1.165, 1.54) is 5.56 Å². The van der Waals surface area contributed by atoms with E-state index in [1.807, 2.05) is 22.9 Å². The van der Waals surface area contributed by atoms with Crippen LogP contribution in [0.3, 0.4) is 0 Å². The highest BCUT2D eigenvalue weighted by molar-refractivity contribution is 5.79. The quantitative estimate of drug-likeness (QED) is 0.419. The van der Waals surface area contributed by atoms with E-state index < -0.39 is 0 Å². The van der Waals surface area contributed by atoms with E-state index in [9.17, 15) is 0 Å². The first-order valence-corrected chi connectivity index (χ1v) is 11.1. The molecule has 1 atom stereocenters. The Balaban J connectivity index is 1.36. The minimum atomic E-state index is 0.196. The monoisotopic (exact) mass is 433 g/mol. The first-order valence-electron chi connectivity index (χ1n) is 11.1. The molecule has 2 N–H and O–H groups in total. The van der Waals surface area contributed by atoms with Crippen LogP contribution in [0.15, 0.2) is 66.2 Å². The Morgan fingerprint density at radius 3 is 2.78 bits per heavy atom. The SMILES string of the molecule is CN=C(NCc1ccc(C)cc1OCC1CCCO1)NCc1ccccc1-n1ccnc1. The molecule has 168 valence electrons. The van der Waals surface area contributed by atoms with Gasteiger partial charge in [-0.15, -0.1) is 0 Å². The Morgan fingerprint density at radius 1 is 1.19 bits per heavy atom. The minimum Gasteiger partial charge on any atom is -0.491 e. The number of aromatic nitrogens is 2. The molecule has 32 heavy (non-hydrogen) atoms. The lowest BCUT2D eigenvalue weighted by atomic mass is 10.1. The molecule has 1 aliphatic rings. The third-order valence-corrected chi connectivity index (χ3v) is 5.56. The molecule has 7 heteroatoms. The second-order valence-electron chi connectivity index (χ2n) is 7.94. The molecular formula is C25H31N5O2. The van der Waals surface area contributed by atoms with Gasteiger partial charge in [0.05, 0.1) is 18.1 Å². The van der Waals surface area contributed by atoms with Crippen LogP contribution < -0.4 is 15.4 Å². The summed E-state index contributed by atoms with van der Waals surface area (Å²) in [6, 6.07) is 14.6. The van der Waals surface area contributed by atoms with E-state index in [4.69, 9.17) is 9.47 Å². The topological polar surface area (TPSA) is 72.7 Å². The van der Waals surface area contributed by atoms with Crippen molar-refractivity contribution in [1.29, 1.82) is 0 Å². The van der Waals surface area contributed by atoms with Gasteiger partial charge in [-0.2, -0.15) is 0 Å². The maximum atomic E-state index is 6.12. The number of guanidine groups is 1. The number of hydrogen-bond acceptors (Lipinski definition) is 4. The molecule has 1 saturated heterocycles. The Morgan fingerprint density at radius 2 is 2.03 bits per heavy atom. The fourth-order valence-corrected chi connectivity index (χ4v) is 3.79. The van der Waals surface area contributed by atoms with Crippen molar-refractivity contribution in [3.8, 4) is 11.4 Å². The molecule has 3 aromatic rings. The summed E-state index contributed by atoms with van der Waals surface area (Å²) in [7, 11) is 1.78. The van der Waals surface area contributed by atoms with Crippen molar-refractivity contribution >= 4 is 5.96 Å². The predicted octanol–water partition coefficient (Wildman–Crippen LogP) is 3.60. The number of imidazole rings is 1. The van der Waals surface area contributed by atoms with Gasteiger partial charge >= 0.3 is 0 Å². The zero-order valence-corrected chi connectivity index (χ0v) is 18.8. The number of hydrogen-bond donors (Lipinski definition) is 2. The van der Waals surface area contributed by atoms with Crippen LogP contribution in [0, 0.1) is 6.92 Å². The largest absolute Gasteiger partial charge is 0.491 e. The van der Waals surface area contributed by atoms with Crippen LogP contribution in [0.1, 0.15) is 29.5 Å². The standard InChI is InChI=1S/C25H31N5O2/c1-19-9-10-21(24(14-19)32-17-22-7-5-13-31-22)16-29-25(26-2)28-15-20-6-3-4-8-23(20)30-12-11-27-18-30/h3-4,6,8-12,14,18,22H,5,7,13,15-17H2,1-2H3,(H2,26,28,29). The summed E-state index contributed by atoms with van der Waals surface area (Å²) in [4.78, 5) is 8.54. The molecule has 0 bridgehead atoms. The van der Waals surface area contributed by atoms with Crippen LogP contribution in [-0.2, 0) is 17.8 Å². The van der Waals surface area contributed by atoms with Crippen LogP contribution in [0.5, 0.6) is 5.75 Å². The van der Waals surface area contributed by atoms with E-state index in [0.717, 1.165) is 48.0 Å². The molecule has 4 rings (SSSR count). The Labute approximate surface area is 189 Å². The van der Waals surface area contributed by atoms with E-state index in [1.54, 1.807) is 19.6 Å².